The highest BCUT2D eigenvalue weighted by molar-refractivity contribution is 7.09. The molecule has 0 N–H and O–H groups in total. The van der Waals surface area contributed by atoms with Gasteiger partial charge in [-0.3, -0.25) is 0 Å². The van der Waals surface area contributed by atoms with Gasteiger partial charge in [0.1, 0.15) is 0 Å². The van der Waals surface area contributed by atoms with Crippen molar-refractivity contribution in [2.45, 2.75) is 25.8 Å². The summed E-state index contributed by atoms with van der Waals surface area (Å²) in [5, 5.41) is 2.16. The molecule has 2 rings (SSSR count). The van der Waals surface area contributed by atoms with E-state index in [0.29, 0.717) is 0 Å². The standard InChI is InChI=1S/C10H15NS/c1-9(11-5-3-6-11)8-10-4-2-7-12-10/h2,4,7,9H,3,5-6,8H2,1H3. The van der Waals surface area contributed by atoms with Gasteiger partial charge in [-0.25, -0.2) is 0 Å². The molecule has 1 aromatic heterocycles. The van der Waals surface area contributed by atoms with Crippen molar-refractivity contribution in [1.82, 2.24) is 4.90 Å². The molecule has 0 amide bonds. The lowest BCUT2D eigenvalue weighted by molar-refractivity contribution is 0.128. The molecule has 66 valence electrons. The zero-order valence-corrected chi connectivity index (χ0v) is 8.31. The highest BCUT2D eigenvalue weighted by Crippen LogP contribution is 2.17. The van der Waals surface area contributed by atoms with Crippen molar-refractivity contribution in [3.05, 3.63) is 22.4 Å². The summed E-state index contributed by atoms with van der Waals surface area (Å²) in [6.45, 7) is 4.96. The Labute approximate surface area is 78.0 Å². The Hall–Kier alpha value is -0.340. The first-order valence-electron chi connectivity index (χ1n) is 4.62. The van der Waals surface area contributed by atoms with Gasteiger partial charge in [0, 0.05) is 10.9 Å². The van der Waals surface area contributed by atoms with Crippen LogP contribution in [0.3, 0.4) is 0 Å². The molecular weight excluding hydrogens is 166 g/mol. The number of hydrogen-bond donors (Lipinski definition) is 0. The van der Waals surface area contributed by atoms with Crippen molar-refractivity contribution in [2.75, 3.05) is 13.1 Å². The van der Waals surface area contributed by atoms with E-state index in [1.165, 1.54) is 30.8 Å². The SMILES string of the molecule is CC(Cc1cccs1)N1CCC1. The van der Waals surface area contributed by atoms with Crippen LogP contribution in [0.2, 0.25) is 0 Å². The summed E-state index contributed by atoms with van der Waals surface area (Å²) in [5.41, 5.74) is 0. The van der Waals surface area contributed by atoms with Crippen LogP contribution < -0.4 is 0 Å². The summed E-state index contributed by atoms with van der Waals surface area (Å²) in [6, 6.07) is 5.13. The van der Waals surface area contributed by atoms with E-state index < -0.39 is 0 Å². The summed E-state index contributed by atoms with van der Waals surface area (Å²) in [5.74, 6) is 0. The summed E-state index contributed by atoms with van der Waals surface area (Å²) in [6.07, 6.45) is 2.63. The molecule has 1 fully saturated rings. The zero-order chi connectivity index (χ0) is 8.39. The van der Waals surface area contributed by atoms with Crippen LogP contribution in [0.5, 0.6) is 0 Å². The molecule has 1 nitrogen and oxygen atoms in total. The largest absolute Gasteiger partial charge is 0.300 e. The fraction of sp³-hybridized carbons (Fsp3) is 0.600. The van der Waals surface area contributed by atoms with E-state index in [1.807, 2.05) is 11.3 Å². The smallest absolute Gasteiger partial charge is 0.0115 e. The maximum absolute atomic E-state index is 2.56. The van der Waals surface area contributed by atoms with Crippen LogP contribution in [0.15, 0.2) is 17.5 Å². The number of nitrogens with zero attached hydrogens (tertiary/aromatic N) is 1. The Balaban J connectivity index is 1.86. The van der Waals surface area contributed by atoms with Gasteiger partial charge >= 0.3 is 0 Å². The van der Waals surface area contributed by atoms with Gasteiger partial charge in [0.05, 0.1) is 0 Å². The van der Waals surface area contributed by atoms with Crippen LogP contribution in [0.4, 0.5) is 0 Å². The third kappa shape index (κ3) is 1.70. The Kier molecular flexibility index (Phi) is 2.47. The number of likely N-dealkylation sites (tertiary alicyclic amines) is 1. The molecule has 0 radical (unpaired) electrons. The van der Waals surface area contributed by atoms with Crippen LogP contribution in [0, 0.1) is 0 Å². The zero-order valence-electron chi connectivity index (χ0n) is 7.49. The van der Waals surface area contributed by atoms with Crippen molar-refractivity contribution in [3.63, 3.8) is 0 Å². The second-order valence-corrected chi connectivity index (χ2v) is 4.55. The van der Waals surface area contributed by atoms with Gasteiger partial charge in [-0.15, -0.1) is 11.3 Å². The Morgan fingerprint density at radius 1 is 1.58 bits per heavy atom. The molecule has 0 saturated carbocycles. The molecule has 1 aliphatic heterocycles. The van der Waals surface area contributed by atoms with Gasteiger partial charge in [-0.05, 0) is 44.3 Å². The number of hydrogen-bond acceptors (Lipinski definition) is 2. The fourth-order valence-corrected chi connectivity index (χ4v) is 2.46. The van der Waals surface area contributed by atoms with E-state index in [4.69, 9.17) is 0 Å². The molecule has 2 heteroatoms. The fourth-order valence-electron chi connectivity index (χ4n) is 1.63. The van der Waals surface area contributed by atoms with Gasteiger partial charge < -0.3 is 4.90 Å². The molecule has 0 bridgehead atoms. The molecule has 1 saturated heterocycles. The van der Waals surface area contributed by atoms with Crippen molar-refractivity contribution < 1.29 is 0 Å². The first-order valence-corrected chi connectivity index (χ1v) is 5.50. The molecule has 0 spiro atoms. The number of rotatable bonds is 3. The monoisotopic (exact) mass is 181 g/mol. The van der Waals surface area contributed by atoms with Crippen molar-refractivity contribution in [3.8, 4) is 0 Å². The molecule has 1 atom stereocenters. The lowest BCUT2D eigenvalue weighted by Gasteiger charge is -2.36. The lowest BCUT2D eigenvalue weighted by atomic mass is 10.1. The lowest BCUT2D eigenvalue weighted by Crippen LogP contribution is -2.44. The second kappa shape index (κ2) is 3.58. The first kappa shape index (κ1) is 8.27. The van der Waals surface area contributed by atoms with Crippen LogP contribution in [0.1, 0.15) is 18.2 Å². The van der Waals surface area contributed by atoms with Gasteiger partial charge in [-0.2, -0.15) is 0 Å². The van der Waals surface area contributed by atoms with Gasteiger partial charge in [0.25, 0.3) is 0 Å². The normalized spacial score (nSPS) is 20.4. The number of thiophene rings is 1. The molecular formula is C10H15NS. The van der Waals surface area contributed by atoms with Crippen LogP contribution in [-0.2, 0) is 6.42 Å². The van der Waals surface area contributed by atoms with E-state index in [-0.39, 0.29) is 0 Å². The van der Waals surface area contributed by atoms with E-state index >= 15 is 0 Å². The second-order valence-electron chi connectivity index (χ2n) is 3.52. The topological polar surface area (TPSA) is 3.24 Å². The Bertz CT molecular complexity index is 226. The average Bonchev–Trinajstić information content (AvgIpc) is 2.34. The van der Waals surface area contributed by atoms with E-state index in [1.54, 1.807) is 0 Å². The molecule has 0 aliphatic carbocycles. The van der Waals surface area contributed by atoms with Crippen molar-refractivity contribution in [1.29, 1.82) is 0 Å². The van der Waals surface area contributed by atoms with Crippen LogP contribution >= 0.6 is 11.3 Å². The van der Waals surface area contributed by atoms with E-state index in [9.17, 15) is 0 Å². The molecule has 2 heterocycles. The van der Waals surface area contributed by atoms with Crippen molar-refractivity contribution in [2.24, 2.45) is 0 Å². The average molecular weight is 181 g/mol. The third-order valence-corrected chi connectivity index (χ3v) is 3.49. The summed E-state index contributed by atoms with van der Waals surface area (Å²) >= 11 is 1.88. The van der Waals surface area contributed by atoms with E-state index in [2.05, 4.69) is 29.3 Å². The predicted molar refractivity (Wildman–Crippen MR) is 53.7 cm³/mol. The highest BCUT2D eigenvalue weighted by atomic mass is 32.1. The summed E-state index contributed by atoms with van der Waals surface area (Å²) < 4.78 is 0. The molecule has 0 aromatic carbocycles. The minimum absolute atomic E-state index is 0.748. The molecule has 12 heavy (non-hydrogen) atoms. The van der Waals surface area contributed by atoms with Crippen LogP contribution in [0.25, 0.3) is 0 Å². The van der Waals surface area contributed by atoms with E-state index in [0.717, 1.165) is 6.04 Å². The van der Waals surface area contributed by atoms with Crippen LogP contribution in [-0.4, -0.2) is 24.0 Å². The first-order chi connectivity index (χ1) is 5.86. The molecule has 1 unspecified atom stereocenters. The van der Waals surface area contributed by atoms with Gasteiger partial charge in [-0.1, -0.05) is 6.07 Å². The third-order valence-electron chi connectivity index (χ3n) is 2.59. The molecule has 1 aliphatic rings. The quantitative estimate of drug-likeness (QED) is 0.692. The Morgan fingerprint density at radius 2 is 2.42 bits per heavy atom. The Morgan fingerprint density at radius 3 is 2.92 bits per heavy atom. The predicted octanol–water partition coefficient (Wildman–Crippen LogP) is 2.38. The highest BCUT2D eigenvalue weighted by Gasteiger charge is 2.20. The van der Waals surface area contributed by atoms with Gasteiger partial charge in [0.15, 0.2) is 0 Å². The summed E-state index contributed by atoms with van der Waals surface area (Å²) in [4.78, 5) is 4.08. The maximum atomic E-state index is 2.56. The summed E-state index contributed by atoms with van der Waals surface area (Å²) in [7, 11) is 0. The van der Waals surface area contributed by atoms with Crippen molar-refractivity contribution >= 4 is 11.3 Å². The van der Waals surface area contributed by atoms with Gasteiger partial charge in [0.2, 0.25) is 0 Å². The maximum Gasteiger partial charge on any atom is 0.0115 e. The minimum Gasteiger partial charge on any atom is -0.300 e. The minimum atomic E-state index is 0.748. The molecule has 1 aromatic rings.